The van der Waals surface area contributed by atoms with Crippen LogP contribution in [-0.4, -0.2) is 58.2 Å². The van der Waals surface area contributed by atoms with Gasteiger partial charge in [0.25, 0.3) is 0 Å². The van der Waals surface area contributed by atoms with Crippen LogP contribution in [0.4, 0.5) is 17.3 Å². The average molecular weight is 528 g/mol. The summed E-state index contributed by atoms with van der Waals surface area (Å²) >= 11 is 0. The lowest BCUT2D eigenvalue weighted by molar-refractivity contribution is 0.313. The fourth-order valence-corrected chi connectivity index (χ4v) is 5.02. The van der Waals surface area contributed by atoms with Crippen molar-refractivity contribution in [2.75, 3.05) is 43.0 Å². The van der Waals surface area contributed by atoms with Crippen molar-refractivity contribution in [3.8, 4) is 22.9 Å². The second kappa shape index (κ2) is 11.0. The van der Waals surface area contributed by atoms with Crippen molar-refractivity contribution in [1.29, 1.82) is 5.26 Å². The fraction of sp³-hybridized carbons (Fsp3) is 0.188. The number of nitrogens with zero attached hydrogens (tertiary/aromatic N) is 7. The number of phenolic OH excluding ortho intramolecular Hbond substituents is 1. The summed E-state index contributed by atoms with van der Waals surface area (Å²) < 4.78 is 0. The highest BCUT2D eigenvalue weighted by molar-refractivity contribution is 5.94. The molecule has 1 saturated heterocycles. The molecular weight excluding hydrogens is 498 g/mol. The first kappa shape index (κ1) is 25.3. The molecule has 2 aromatic heterocycles. The topological polar surface area (TPSA) is 92.4 Å². The molecule has 1 fully saturated rings. The number of likely N-dealkylation sites (N-methyl/N-ethyl adjacent to an activating group) is 1. The summed E-state index contributed by atoms with van der Waals surface area (Å²) in [6.45, 7) is 4.49. The van der Waals surface area contributed by atoms with Gasteiger partial charge in [-0.25, -0.2) is 15.0 Å². The lowest BCUT2D eigenvalue weighted by Gasteiger charge is -2.34. The SMILES string of the molecule is CN1CCN(c2cccc(N(Cc3ccc(C#N)nc3)c3ncc4cccc(-c5ccc(O)cc5)c4n3)c2)CC1. The van der Waals surface area contributed by atoms with E-state index in [-0.39, 0.29) is 5.75 Å². The van der Waals surface area contributed by atoms with E-state index in [1.165, 1.54) is 5.69 Å². The Balaban J connectivity index is 1.44. The minimum absolute atomic E-state index is 0.224. The Labute approximate surface area is 233 Å². The van der Waals surface area contributed by atoms with Crippen LogP contribution in [0.1, 0.15) is 11.3 Å². The van der Waals surface area contributed by atoms with E-state index in [1.807, 2.05) is 42.6 Å². The predicted octanol–water partition coefficient (Wildman–Crippen LogP) is 5.36. The molecule has 8 heteroatoms. The van der Waals surface area contributed by atoms with Gasteiger partial charge in [-0.2, -0.15) is 5.26 Å². The molecule has 0 atom stereocenters. The highest BCUT2D eigenvalue weighted by atomic mass is 16.3. The van der Waals surface area contributed by atoms with E-state index in [1.54, 1.807) is 24.4 Å². The maximum Gasteiger partial charge on any atom is 0.230 e. The molecule has 1 aliphatic heterocycles. The molecule has 6 rings (SSSR count). The van der Waals surface area contributed by atoms with Gasteiger partial charge in [0.05, 0.1) is 12.1 Å². The number of aromatic hydroxyl groups is 1. The Kier molecular flexibility index (Phi) is 6.96. The predicted molar refractivity (Wildman–Crippen MR) is 158 cm³/mol. The standard InChI is InChI=1S/C32H29N7O/c1-37-14-16-38(17-15-37)27-5-3-6-28(18-27)39(22-23-8-11-26(19-33)34-20-23)32-35-21-25-4-2-7-30(31(25)36-32)24-9-12-29(40)13-10-24/h2-13,18,20-21,40H,14-17,22H2,1H3. The highest BCUT2D eigenvalue weighted by Gasteiger charge is 2.19. The number of aromatic nitrogens is 3. The Hall–Kier alpha value is -5.00. The van der Waals surface area contributed by atoms with Gasteiger partial charge in [-0.15, -0.1) is 0 Å². The smallest absolute Gasteiger partial charge is 0.230 e. The summed E-state index contributed by atoms with van der Waals surface area (Å²) in [6, 6.07) is 27.4. The molecule has 3 aromatic carbocycles. The molecular formula is C32H29N7O. The van der Waals surface area contributed by atoms with Crippen molar-refractivity contribution in [2.24, 2.45) is 0 Å². The van der Waals surface area contributed by atoms with Gasteiger partial charge in [-0.1, -0.05) is 42.5 Å². The average Bonchev–Trinajstić information content (AvgIpc) is 3.00. The van der Waals surface area contributed by atoms with Gasteiger partial charge in [0.2, 0.25) is 5.95 Å². The third kappa shape index (κ3) is 5.28. The van der Waals surface area contributed by atoms with Crippen LogP contribution in [0.15, 0.2) is 91.3 Å². The molecule has 0 unspecified atom stereocenters. The zero-order chi connectivity index (χ0) is 27.5. The molecule has 0 aliphatic carbocycles. The molecule has 198 valence electrons. The van der Waals surface area contributed by atoms with E-state index in [0.29, 0.717) is 18.2 Å². The first-order valence-electron chi connectivity index (χ1n) is 13.3. The van der Waals surface area contributed by atoms with E-state index in [0.717, 1.165) is 59.5 Å². The number of hydrogen-bond donors (Lipinski definition) is 1. The maximum atomic E-state index is 9.80. The monoisotopic (exact) mass is 527 g/mol. The summed E-state index contributed by atoms with van der Waals surface area (Å²) in [5.41, 5.74) is 6.23. The molecule has 40 heavy (non-hydrogen) atoms. The molecule has 3 heterocycles. The van der Waals surface area contributed by atoms with Crippen molar-refractivity contribution in [3.63, 3.8) is 0 Å². The summed E-state index contributed by atoms with van der Waals surface area (Å²) in [5.74, 6) is 0.792. The molecule has 5 aromatic rings. The highest BCUT2D eigenvalue weighted by Crippen LogP contribution is 2.33. The summed E-state index contributed by atoms with van der Waals surface area (Å²) in [6.07, 6.45) is 3.59. The van der Waals surface area contributed by atoms with E-state index >= 15 is 0 Å². The second-order valence-electron chi connectivity index (χ2n) is 10.0. The number of pyridine rings is 1. The minimum atomic E-state index is 0.224. The molecule has 0 bridgehead atoms. The number of piperazine rings is 1. The summed E-state index contributed by atoms with van der Waals surface area (Å²) in [4.78, 5) is 21.0. The van der Waals surface area contributed by atoms with E-state index in [4.69, 9.17) is 9.97 Å². The number of para-hydroxylation sites is 1. The molecule has 1 aliphatic rings. The zero-order valence-electron chi connectivity index (χ0n) is 22.3. The zero-order valence-corrected chi connectivity index (χ0v) is 22.3. The first-order chi connectivity index (χ1) is 19.6. The Morgan fingerprint density at radius 3 is 2.45 bits per heavy atom. The number of benzene rings is 3. The van der Waals surface area contributed by atoms with Crippen molar-refractivity contribution in [1.82, 2.24) is 19.9 Å². The van der Waals surface area contributed by atoms with Gasteiger partial charge in [0, 0.05) is 60.9 Å². The number of fused-ring (bicyclic) bond motifs is 1. The number of hydrogen-bond acceptors (Lipinski definition) is 8. The number of rotatable bonds is 6. The van der Waals surface area contributed by atoms with Crippen LogP contribution in [0.2, 0.25) is 0 Å². The summed E-state index contributed by atoms with van der Waals surface area (Å²) in [5, 5.41) is 19.9. The fourth-order valence-electron chi connectivity index (χ4n) is 5.02. The van der Waals surface area contributed by atoms with Crippen LogP contribution in [0.5, 0.6) is 5.75 Å². The van der Waals surface area contributed by atoms with Crippen LogP contribution in [-0.2, 0) is 6.54 Å². The third-order valence-electron chi connectivity index (χ3n) is 7.31. The molecule has 0 amide bonds. The summed E-state index contributed by atoms with van der Waals surface area (Å²) in [7, 11) is 2.16. The van der Waals surface area contributed by atoms with E-state index in [9.17, 15) is 10.4 Å². The third-order valence-corrected chi connectivity index (χ3v) is 7.31. The van der Waals surface area contributed by atoms with Crippen LogP contribution >= 0.6 is 0 Å². The van der Waals surface area contributed by atoms with Gasteiger partial charge in [-0.05, 0) is 54.6 Å². The van der Waals surface area contributed by atoms with Gasteiger partial charge in [0.15, 0.2) is 0 Å². The Morgan fingerprint density at radius 2 is 1.70 bits per heavy atom. The van der Waals surface area contributed by atoms with Gasteiger partial charge in [0.1, 0.15) is 17.5 Å². The second-order valence-corrected chi connectivity index (χ2v) is 10.0. The molecule has 0 spiro atoms. The lowest BCUT2D eigenvalue weighted by atomic mass is 10.0. The molecule has 0 saturated carbocycles. The number of anilines is 3. The van der Waals surface area contributed by atoms with Crippen molar-refractivity contribution in [2.45, 2.75) is 6.54 Å². The van der Waals surface area contributed by atoms with E-state index < -0.39 is 0 Å². The Bertz CT molecular complexity index is 1670. The van der Waals surface area contributed by atoms with Crippen molar-refractivity contribution in [3.05, 3.63) is 103 Å². The van der Waals surface area contributed by atoms with Crippen LogP contribution in [0, 0.1) is 11.3 Å². The van der Waals surface area contributed by atoms with Gasteiger partial charge < -0.3 is 19.8 Å². The molecule has 0 radical (unpaired) electrons. The van der Waals surface area contributed by atoms with Crippen molar-refractivity contribution < 1.29 is 5.11 Å². The number of phenols is 1. The van der Waals surface area contributed by atoms with Crippen LogP contribution in [0.25, 0.3) is 22.0 Å². The molecule has 1 N–H and O–H groups in total. The minimum Gasteiger partial charge on any atom is -0.508 e. The number of nitriles is 1. The normalized spacial score (nSPS) is 13.8. The van der Waals surface area contributed by atoms with Crippen molar-refractivity contribution >= 4 is 28.2 Å². The van der Waals surface area contributed by atoms with Gasteiger partial charge >= 0.3 is 0 Å². The maximum absolute atomic E-state index is 9.80. The van der Waals surface area contributed by atoms with Crippen LogP contribution < -0.4 is 9.80 Å². The van der Waals surface area contributed by atoms with Gasteiger partial charge in [-0.3, -0.25) is 0 Å². The van der Waals surface area contributed by atoms with E-state index in [2.05, 4.69) is 57.1 Å². The first-order valence-corrected chi connectivity index (χ1v) is 13.3. The molecule has 8 nitrogen and oxygen atoms in total. The largest absolute Gasteiger partial charge is 0.508 e. The van der Waals surface area contributed by atoms with Crippen LogP contribution in [0.3, 0.4) is 0 Å². The lowest BCUT2D eigenvalue weighted by Crippen LogP contribution is -2.44. The quantitative estimate of drug-likeness (QED) is 0.316. The Morgan fingerprint density at radius 1 is 0.900 bits per heavy atom.